The summed E-state index contributed by atoms with van der Waals surface area (Å²) in [7, 11) is -1.22. The number of carbonyl (C=O) groups is 3. The highest BCUT2D eigenvalue weighted by Gasteiger charge is 2.13. The van der Waals surface area contributed by atoms with Gasteiger partial charge in [-0.2, -0.15) is 0 Å². The molecule has 6 nitrogen and oxygen atoms in total. The summed E-state index contributed by atoms with van der Waals surface area (Å²) in [5.41, 5.74) is 0.760. The molecule has 0 aromatic rings. The van der Waals surface area contributed by atoms with Gasteiger partial charge in [0, 0.05) is 32.7 Å². The molecule has 24 heavy (non-hydrogen) atoms. The second-order valence-electron chi connectivity index (χ2n) is 6.44. The molecular formula is C17H26O6Si. The zero-order chi connectivity index (χ0) is 18.6. The van der Waals surface area contributed by atoms with Crippen LogP contribution in [0.1, 0.15) is 13.3 Å². The summed E-state index contributed by atoms with van der Waals surface area (Å²) in [4.78, 5) is 33.2. The van der Waals surface area contributed by atoms with Crippen molar-refractivity contribution >= 4 is 26.0 Å². The Kier molecular flexibility index (Phi) is 10.4. The molecule has 0 radical (unpaired) electrons. The smallest absolute Gasteiger partial charge is 0.330 e. The van der Waals surface area contributed by atoms with Crippen LogP contribution in [0.5, 0.6) is 0 Å². The van der Waals surface area contributed by atoms with Gasteiger partial charge in [0.1, 0.15) is 0 Å². The molecule has 0 rings (SSSR count). The summed E-state index contributed by atoms with van der Waals surface area (Å²) in [6, 6.07) is 0.923. The number of esters is 2. The van der Waals surface area contributed by atoms with Crippen LogP contribution in [0, 0.1) is 0 Å². The molecule has 0 saturated heterocycles. The van der Waals surface area contributed by atoms with Crippen LogP contribution in [-0.4, -0.2) is 44.3 Å². The minimum Gasteiger partial charge on any atom is -0.478 e. The summed E-state index contributed by atoms with van der Waals surface area (Å²) >= 11 is 0. The van der Waals surface area contributed by atoms with Crippen molar-refractivity contribution in [2.75, 3.05) is 13.2 Å². The number of allylic oxidation sites excluding steroid dienone is 2. The molecule has 0 aromatic heterocycles. The topological polar surface area (TPSA) is 89.9 Å². The number of ether oxygens (including phenoxy) is 2. The first-order chi connectivity index (χ1) is 11.1. The van der Waals surface area contributed by atoms with E-state index in [4.69, 9.17) is 14.6 Å². The molecule has 1 N–H and O–H groups in total. The quantitative estimate of drug-likeness (QED) is 0.281. The van der Waals surface area contributed by atoms with E-state index >= 15 is 0 Å². The Hall–Kier alpha value is -2.15. The number of aliphatic carboxylic acids is 1. The third-order valence-corrected chi connectivity index (χ3v) is 4.49. The minimum absolute atomic E-state index is 0.135. The molecule has 0 fully saturated rings. The molecule has 0 bridgehead atoms. The van der Waals surface area contributed by atoms with Crippen molar-refractivity contribution in [1.29, 1.82) is 0 Å². The first kappa shape index (κ1) is 21.8. The second kappa shape index (κ2) is 11.4. The van der Waals surface area contributed by atoms with E-state index in [0.29, 0.717) is 13.0 Å². The Balaban J connectivity index is 4.02. The van der Waals surface area contributed by atoms with Gasteiger partial charge >= 0.3 is 17.9 Å². The van der Waals surface area contributed by atoms with Gasteiger partial charge in [-0.3, -0.25) is 0 Å². The highest BCUT2D eigenvalue weighted by molar-refractivity contribution is 6.76. The largest absolute Gasteiger partial charge is 0.478 e. The Morgan fingerprint density at radius 2 is 1.54 bits per heavy atom. The van der Waals surface area contributed by atoms with E-state index in [1.54, 1.807) is 6.92 Å². The molecule has 0 atom stereocenters. The molecule has 0 aliphatic rings. The van der Waals surface area contributed by atoms with Gasteiger partial charge < -0.3 is 14.6 Å². The van der Waals surface area contributed by atoms with E-state index in [9.17, 15) is 14.4 Å². The van der Waals surface area contributed by atoms with Crippen molar-refractivity contribution in [3.05, 3.63) is 36.0 Å². The van der Waals surface area contributed by atoms with Crippen molar-refractivity contribution < 1.29 is 29.0 Å². The van der Waals surface area contributed by atoms with E-state index in [2.05, 4.69) is 19.6 Å². The van der Waals surface area contributed by atoms with Crippen LogP contribution >= 0.6 is 0 Å². The normalized spacial score (nSPS) is 12.6. The molecule has 0 spiro atoms. The SMILES string of the molecule is C/C(=C/C(=O)OCC[Si](C)(C)C)CCOC(=O)/C=C/C=C/C(=O)O. The Labute approximate surface area is 143 Å². The van der Waals surface area contributed by atoms with Gasteiger partial charge in [-0.25, -0.2) is 14.4 Å². The van der Waals surface area contributed by atoms with Crippen molar-refractivity contribution in [3.63, 3.8) is 0 Å². The zero-order valence-corrected chi connectivity index (χ0v) is 15.7. The van der Waals surface area contributed by atoms with Crippen LogP contribution < -0.4 is 0 Å². The summed E-state index contributed by atoms with van der Waals surface area (Å²) < 4.78 is 10.1. The number of carboxylic acids is 1. The van der Waals surface area contributed by atoms with Crippen molar-refractivity contribution in [1.82, 2.24) is 0 Å². The Morgan fingerprint density at radius 1 is 0.958 bits per heavy atom. The van der Waals surface area contributed by atoms with Gasteiger partial charge in [-0.15, -0.1) is 0 Å². The molecule has 0 heterocycles. The average molecular weight is 354 g/mol. The van der Waals surface area contributed by atoms with E-state index in [0.717, 1.165) is 23.8 Å². The van der Waals surface area contributed by atoms with Crippen molar-refractivity contribution in [2.45, 2.75) is 39.0 Å². The fourth-order valence-corrected chi connectivity index (χ4v) is 2.12. The van der Waals surface area contributed by atoms with Gasteiger partial charge in [0.15, 0.2) is 0 Å². The van der Waals surface area contributed by atoms with Crippen LogP contribution in [-0.2, 0) is 23.9 Å². The second-order valence-corrected chi connectivity index (χ2v) is 12.1. The molecular weight excluding hydrogens is 328 g/mol. The standard InChI is InChI=1S/C17H26O6Si/c1-14(13-17(21)23-11-12-24(2,3)4)9-10-22-16(20)8-6-5-7-15(18)19/h5-8,13H,9-12H2,1-4H3,(H,18,19)/b7-5+,8-6+,14-13-. The maximum Gasteiger partial charge on any atom is 0.330 e. The third-order valence-electron chi connectivity index (χ3n) is 2.78. The maximum atomic E-state index is 11.6. The molecule has 0 amide bonds. The fraction of sp³-hybridized carbons (Fsp3) is 0.471. The highest BCUT2D eigenvalue weighted by Crippen LogP contribution is 2.08. The first-order valence-electron chi connectivity index (χ1n) is 7.68. The van der Waals surface area contributed by atoms with E-state index < -0.39 is 20.0 Å². The molecule has 0 aromatic carbocycles. The summed E-state index contributed by atoms with van der Waals surface area (Å²) in [5, 5.41) is 8.37. The first-order valence-corrected chi connectivity index (χ1v) is 11.4. The number of carboxylic acid groups (broad SMARTS) is 1. The van der Waals surface area contributed by atoms with Crippen LogP contribution in [0.3, 0.4) is 0 Å². The van der Waals surface area contributed by atoms with Crippen molar-refractivity contribution in [3.8, 4) is 0 Å². The van der Waals surface area contributed by atoms with Gasteiger partial charge in [-0.1, -0.05) is 37.4 Å². The Morgan fingerprint density at radius 3 is 2.12 bits per heavy atom. The predicted molar refractivity (Wildman–Crippen MR) is 94.4 cm³/mol. The number of hydrogen-bond acceptors (Lipinski definition) is 5. The molecule has 0 aliphatic carbocycles. The van der Waals surface area contributed by atoms with E-state index in [-0.39, 0.29) is 12.6 Å². The lowest BCUT2D eigenvalue weighted by molar-refractivity contribution is -0.138. The Bertz CT molecular complexity index is 526. The van der Waals surface area contributed by atoms with Gasteiger partial charge in [-0.05, 0) is 13.0 Å². The lowest BCUT2D eigenvalue weighted by Crippen LogP contribution is -2.22. The number of hydrogen-bond donors (Lipinski definition) is 1. The third kappa shape index (κ3) is 14.8. The molecule has 7 heteroatoms. The van der Waals surface area contributed by atoms with Crippen molar-refractivity contribution in [2.24, 2.45) is 0 Å². The predicted octanol–water partition coefficient (Wildman–Crippen LogP) is 2.94. The molecule has 134 valence electrons. The van der Waals surface area contributed by atoms with Crippen LogP contribution in [0.4, 0.5) is 0 Å². The molecule has 0 saturated carbocycles. The minimum atomic E-state index is -1.22. The van der Waals surface area contributed by atoms with Crippen LogP contribution in [0.2, 0.25) is 25.7 Å². The molecule has 0 unspecified atom stereocenters. The summed E-state index contributed by atoms with van der Waals surface area (Å²) in [5.74, 6) is -2.04. The average Bonchev–Trinajstić information content (AvgIpc) is 2.41. The fourth-order valence-electron chi connectivity index (χ4n) is 1.41. The van der Waals surface area contributed by atoms with Crippen LogP contribution in [0.15, 0.2) is 36.0 Å². The summed E-state index contributed by atoms with van der Waals surface area (Å²) in [6.45, 7) is 8.96. The number of rotatable bonds is 10. The lowest BCUT2D eigenvalue weighted by Gasteiger charge is -2.14. The van der Waals surface area contributed by atoms with Gasteiger partial charge in [0.25, 0.3) is 0 Å². The van der Waals surface area contributed by atoms with E-state index in [1.807, 2.05) is 0 Å². The van der Waals surface area contributed by atoms with Gasteiger partial charge in [0.05, 0.1) is 13.2 Å². The van der Waals surface area contributed by atoms with Crippen LogP contribution in [0.25, 0.3) is 0 Å². The lowest BCUT2D eigenvalue weighted by atomic mass is 10.2. The molecule has 0 aliphatic heterocycles. The maximum absolute atomic E-state index is 11.6. The van der Waals surface area contributed by atoms with Gasteiger partial charge in [0.2, 0.25) is 0 Å². The number of carbonyl (C=O) groups excluding carboxylic acids is 2. The monoisotopic (exact) mass is 354 g/mol. The zero-order valence-electron chi connectivity index (χ0n) is 14.7. The highest BCUT2D eigenvalue weighted by atomic mass is 28.3. The van der Waals surface area contributed by atoms with E-state index in [1.165, 1.54) is 18.2 Å². The summed E-state index contributed by atoms with van der Waals surface area (Å²) in [6.07, 6.45) is 6.38.